The van der Waals surface area contributed by atoms with E-state index in [2.05, 4.69) is 6.58 Å². The van der Waals surface area contributed by atoms with E-state index >= 15 is 0 Å². The molecule has 0 N–H and O–H groups in total. The zero-order valence-corrected chi connectivity index (χ0v) is 8.22. The average molecular weight is 170 g/mol. The third-order valence-corrected chi connectivity index (χ3v) is 1.22. The van der Waals surface area contributed by atoms with E-state index in [4.69, 9.17) is 4.74 Å². The maximum atomic E-state index is 11.0. The minimum atomic E-state index is -0.134. The van der Waals surface area contributed by atoms with E-state index in [9.17, 15) is 4.79 Å². The van der Waals surface area contributed by atoms with Crippen LogP contribution < -0.4 is 0 Å². The minimum Gasteiger partial charge on any atom is -0.465 e. The highest BCUT2D eigenvalue weighted by Crippen LogP contribution is 2.13. The fourth-order valence-corrected chi connectivity index (χ4v) is 0.589. The van der Waals surface area contributed by atoms with Crippen molar-refractivity contribution in [1.82, 2.24) is 0 Å². The molecule has 0 aromatic rings. The van der Waals surface area contributed by atoms with E-state index in [1.807, 2.05) is 20.8 Å². The van der Waals surface area contributed by atoms with Crippen molar-refractivity contribution in [3.05, 3.63) is 12.7 Å². The van der Waals surface area contributed by atoms with E-state index in [1.165, 1.54) is 0 Å². The lowest BCUT2D eigenvalue weighted by atomic mass is 9.99. The van der Waals surface area contributed by atoms with Gasteiger partial charge in [-0.2, -0.15) is 0 Å². The predicted molar refractivity (Wildman–Crippen MR) is 49.8 cm³/mol. The molecule has 0 bridgehead atoms. The van der Waals surface area contributed by atoms with Crippen LogP contribution in [0, 0.1) is 5.41 Å². The van der Waals surface area contributed by atoms with E-state index in [1.54, 1.807) is 6.08 Å². The second-order valence-corrected chi connectivity index (χ2v) is 4.05. The molecular formula is C10H18O2. The molecule has 0 aliphatic rings. The summed E-state index contributed by atoms with van der Waals surface area (Å²) < 4.78 is 5.02. The first-order valence-corrected chi connectivity index (χ1v) is 4.22. The second-order valence-electron chi connectivity index (χ2n) is 4.05. The van der Waals surface area contributed by atoms with Gasteiger partial charge < -0.3 is 4.74 Å². The van der Waals surface area contributed by atoms with Crippen molar-refractivity contribution >= 4 is 5.97 Å². The Morgan fingerprint density at radius 3 is 2.50 bits per heavy atom. The first-order valence-electron chi connectivity index (χ1n) is 4.22. The number of rotatable bonds is 4. The molecule has 0 atom stereocenters. The van der Waals surface area contributed by atoms with Crippen molar-refractivity contribution in [3.63, 3.8) is 0 Å². The van der Waals surface area contributed by atoms with Crippen molar-refractivity contribution in [2.75, 3.05) is 6.61 Å². The smallest absolute Gasteiger partial charge is 0.306 e. The minimum absolute atomic E-state index is 0.0594. The van der Waals surface area contributed by atoms with E-state index < -0.39 is 0 Å². The molecule has 70 valence electrons. The largest absolute Gasteiger partial charge is 0.465 e. The van der Waals surface area contributed by atoms with Crippen LogP contribution in [0.1, 0.15) is 33.6 Å². The summed E-state index contributed by atoms with van der Waals surface area (Å²) in [6.45, 7) is 10.1. The summed E-state index contributed by atoms with van der Waals surface area (Å²) in [4.78, 5) is 11.0. The number of ether oxygens (including phenoxy) is 1. The Kier molecular flexibility index (Phi) is 4.64. The molecule has 0 unspecified atom stereocenters. The summed E-state index contributed by atoms with van der Waals surface area (Å²) in [6, 6.07) is 0. The first-order chi connectivity index (χ1) is 5.45. The highest BCUT2D eigenvalue weighted by atomic mass is 16.5. The summed E-state index contributed by atoms with van der Waals surface area (Å²) in [5.74, 6) is -0.134. The maximum absolute atomic E-state index is 11.0. The summed E-state index contributed by atoms with van der Waals surface area (Å²) in [7, 11) is 0. The molecule has 0 heterocycles. The monoisotopic (exact) mass is 170 g/mol. The zero-order valence-electron chi connectivity index (χ0n) is 8.22. The number of hydrogen-bond donors (Lipinski definition) is 0. The molecule has 0 aromatic carbocycles. The Hall–Kier alpha value is -0.790. The average Bonchev–Trinajstić information content (AvgIpc) is 1.95. The SMILES string of the molecule is C=CCCC(=O)OCC(C)(C)C. The molecule has 0 saturated carbocycles. The maximum Gasteiger partial charge on any atom is 0.306 e. The number of carbonyl (C=O) groups excluding carboxylic acids is 1. The normalized spacial score (nSPS) is 10.9. The van der Waals surface area contributed by atoms with Gasteiger partial charge in [0.25, 0.3) is 0 Å². The summed E-state index contributed by atoms with van der Waals surface area (Å²) >= 11 is 0. The summed E-state index contributed by atoms with van der Waals surface area (Å²) in [5, 5.41) is 0. The van der Waals surface area contributed by atoms with Gasteiger partial charge in [0.1, 0.15) is 0 Å². The lowest BCUT2D eigenvalue weighted by Gasteiger charge is -2.17. The van der Waals surface area contributed by atoms with Crippen molar-refractivity contribution in [2.45, 2.75) is 33.6 Å². The Balaban J connectivity index is 3.51. The molecule has 0 aliphatic carbocycles. The lowest BCUT2D eigenvalue weighted by molar-refractivity contribution is -0.146. The van der Waals surface area contributed by atoms with Crippen molar-refractivity contribution in [2.24, 2.45) is 5.41 Å². The quantitative estimate of drug-likeness (QED) is 0.478. The molecule has 0 aromatic heterocycles. The van der Waals surface area contributed by atoms with Crippen molar-refractivity contribution < 1.29 is 9.53 Å². The zero-order chi connectivity index (χ0) is 9.61. The highest BCUT2D eigenvalue weighted by Gasteiger charge is 2.12. The highest BCUT2D eigenvalue weighted by molar-refractivity contribution is 5.69. The molecule has 12 heavy (non-hydrogen) atoms. The van der Waals surface area contributed by atoms with Gasteiger partial charge in [-0.05, 0) is 11.8 Å². The van der Waals surface area contributed by atoms with Crippen LogP contribution in [0.2, 0.25) is 0 Å². The Morgan fingerprint density at radius 1 is 1.50 bits per heavy atom. The van der Waals surface area contributed by atoms with Crippen LogP contribution in [0.4, 0.5) is 0 Å². The molecule has 2 nitrogen and oxygen atoms in total. The fourth-order valence-electron chi connectivity index (χ4n) is 0.589. The third kappa shape index (κ3) is 7.32. The van der Waals surface area contributed by atoms with Crippen LogP contribution in [0.5, 0.6) is 0 Å². The topological polar surface area (TPSA) is 26.3 Å². The van der Waals surface area contributed by atoms with Crippen LogP contribution in [0.3, 0.4) is 0 Å². The molecule has 0 spiro atoms. The summed E-state index contributed by atoms with van der Waals surface area (Å²) in [5.41, 5.74) is 0.0594. The van der Waals surface area contributed by atoms with Crippen LogP contribution in [0.15, 0.2) is 12.7 Å². The fraction of sp³-hybridized carbons (Fsp3) is 0.700. The molecule has 0 amide bonds. The summed E-state index contributed by atoms with van der Waals surface area (Å²) in [6.07, 6.45) is 2.86. The van der Waals surface area contributed by atoms with Crippen LogP contribution in [-0.2, 0) is 9.53 Å². The van der Waals surface area contributed by atoms with E-state index in [-0.39, 0.29) is 11.4 Å². The number of carbonyl (C=O) groups is 1. The number of esters is 1. The molecule has 0 rings (SSSR count). The van der Waals surface area contributed by atoms with Crippen LogP contribution in [0.25, 0.3) is 0 Å². The lowest BCUT2D eigenvalue weighted by Crippen LogP contribution is -2.18. The van der Waals surface area contributed by atoms with Gasteiger partial charge in [-0.3, -0.25) is 4.79 Å². The van der Waals surface area contributed by atoms with Gasteiger partial charge in [0.15, 0.2) is 0 Å². The Bertz CT molecular complexity index is 154. The van der Waals surface area contributed by atoms with Crippen LogP contribution >= 0.6 is 0 Å². The molecular weight excluding hydrogens is 152 g/mol. The van der Waals surface area contributed by atoms with E-state index in [0.29, 0.717) is 19.4 Å². The van der Waals surface area contributed by atoms with Gasteiger partial charge in [-0.15, -0.1) is 6.58 Å². The van der Waals surface area contributed by atoms with Gasteiger partial charge in [-0.25, -0.2) is 0 Å². The molecule has 2 heteroatoms. The van der Waals surface area contributed by atoms with Gasteiger partial charge in [-0.1, -0.05) is 26.8 Å². The molecule has 0 saturated heterocycles. The van der Waals surface area contributed by atoms with Gasteiger partial charge in [0.05, 0.1) is 6.61 Å². The van der Waals surface area contributed by atoms with E-state index in [0.717, 1.165) is 0 Å². The van der Waals surface area contributed by atoms with Gasteiger partial charge in [0.2, 0.25) is 0 Å². The van der Waals surface area contributed by atoms with Crippen molar-refractivity contribution in [3.8, 4) is 0 Å². The third-order valence-electron chi connectivity index (χ3n) is 1.22. The van der Waals surface area contributed by atoms with Crippen LogP contribution in [-0.4, -0.2) is 12.6 Å². The second kappa shape index (κ2) is 4.96. The van der Waals surface area contributed by atoms with Gasteiger partial charge in [0, 0.05) is 6.42 Å². The first kappa shape index (κ1) is 11.2. The Labute approximate surface area is 74.6 Å². The standard InChI is InChI=1S/C10H18O2/c1-5-6-7-9(11)12-8-10(2,3)4/h5H,1,6-8H2,2-4H3. The number of hydrogen-bond acceptors (Lipinski definition) is 2. The molecule has 0 aliphatic heterocycles. The number of allylic oxidation sites excluding steroid dienone is 1. The van der Waals surface area contributed by atoms with Gasteiger partial charge >= 0.3 is 5.97 Å². The van der Waals surface area contributed by atoms with Crippen molar-refractivity contribution in [1.29, 1.82) is 0 Å². The molecule has 0 radical (unpaired) electrons. The molecule has 0 fully saturated rings. The predicted octanol–water partition coefficient (Wildman–Crippen LogP) is 2.54. The Morgan fingerprint density at radius 2 is 2.08 bits per heavy atom.